The van der Waals surface area contributed by atoms with Crippen molar-refractivity contribution in [2.24, 2.45) is 0 Å². The van der Waals surface area contributed by atoms with Crippen LogP contribution in [0.1, 0.15) is 21.5 Å². The number of ether oxygens (including phenoxy) is 1. The van der Waals surface area contributed by atoms with Gasteiger partial charge in [0, 0.05) is 17.8 Å². The maximum Gasteiger partial charge on any atom is 0.251 e. The lowest BCUT2D eigenvalue weighted by Crippen LogP contribution is -2.28. The minimum absolute atomic E-state index is 0. The van der Waals surface area contributed by atoms with E-state index >= 15 is 0 Å². The number of fused-ring (bicyclic) bond motifs is 1. The zero-order valence-corrected chi connectivity index (χ0v) is 13.9. The fourth-order valence-electron chi connectivity index (χ4n) is 2.59. The zero-order chi connectivity index (χ0) is 15.4. The number of carbonyl (C=O) groups is 1. The van der Waals surface area contributed by atoms with Crippen LogP contribution in [0.3, 0.4) is 0 Å². The molecule has 1 amide bonds. The maximum atomic E-state index is 12.1. The van der Waals surface area contributed by atoms with Crippen molar-refractivity contribution in [3.63, 3.8) is 0 Å². The molecule has 0 radical (unpaired) electrons. The van der Waals surface area contributed by atoms with E-state index < -0.39 is 0 Å². The van der Waals surface area contributed by atoms with Crippen LogP contribution in [0.15, 0.2) is 42.5 Å². The van der Waals surface area contributed by atoms with Gasteiger partial charge in [-0.05, 0) is 54.8 Å². The summed E-state index contributed by atoms with van der Waals surface area (Å²) in [6.45, 7) is 3.92. The Kier molecular flexibility index (Phi) is 5.88. The van der Waals surface area contributed by atoms with Gasteiger partial charge in [-0.15, -0.1) is 12.4 Å². The van der Waals surface area contributed by atoms with Gasteiger partial charge in [0.25, 0.3) is 5.91 Å². The summed E-state index contributed by atoms with van der Waals surface area (Å²) in [5.74, 6) is 0.778. The third-order valence-electron chi connectivity index (χ3n) is 3.72. The predicted molar refractivity (Wildman–Crippen MR) is 94.9 cm³/mol. The van der Waals surface area contributed by atoms with Crippen molar-refractivity contribution in [3.8, 4) is 5.75 Å². The summed E-state index contributed by atoms with van der Waals surface area (Å²) in [7, 11) is 0. The number of rotatable bonds is 5. The lowest BCUT2D eigenvalue weighted by Gasteiger charge is -2.09. The Morgan fingerprint density at radius 2 is 2.13 bits per heavy atom. The van der Waals surface area contributed by atoms with Crippen LogP contribution in [0.25, 0.3) is 0 Å². The molecular weight excluding hydrogens is 312 g/mol. The van der Waals surface area contributed by atoms with Crippen molar-refractivity contribution in [2.45, 2.75) is 13.3 Å². The minimum atomic E-state index is -0.0532. The molecule has 0 aromatic heterocycles. The highest BCUT2D eigenvalue weighted by Crippen LogP contribution is 2.22. The van der Waals surface area contributed by atoms with Gasteiger partial charge in [0.15, 0.2) is 0 Å². The molecule has 3 rings (SSSR count). The Morgan fingerprint density at radius 1 is 1.26 bits per heavy atom. The van der Waals surface area contributed by atoms with Crippen molar-refractivity contribution in [1.29, 1.82) is 0 Å². The first-order valence-corrected chi connectivity index (χ1v) is 7.57. The van der Waals surface area contributed by atoms with Crippen LogP contribution in [0.2, 0.25) is 0 Å². The number of hydrogen-bond acceptors (Lipinski definition) is 3. The first kappa shape index (κ1) is 17.2. The Bertz CT molecular complexity index is 688. The molecule has 1 aliphatic heterocycles. The number of hydrogen-bond donors (Lipinski definition) is 2. The van der Waals surface area contributed by atoms with Crippen LogP contribution >= 0.6 is 12.4 Å². The SMILES string of the molecule is Cc1cccc(OCCNC(=O)c2ccc3c(c2)CCN3)c1.Cl. The van der Waals surface area contributed by atoms with Crippen molar-refractivity contribution >= 4 is 24.0 Å². The second kappa shape index (κ2) is 7.88. The van der Waals surface area contributed by atoms with Crippen LogP contribution in [-0.4, -0.2) is 25.6 Å². The highest BCUT2D eigenvalue weighted by molar-refractivity contribution is 5.95. The smallest absolute Gasteiger partial charge is 0.251 e. The van der Waals surface area contributed by atoms with Gasteiger partial charge in [-0.2, -0.15) is 0 Å². The van der Waals surface area contributed by atoms with Crippen molar-refractivity contribution in [3.05, 3.63) is 59.2 Å². The summed E-state index contributed by atoms with van der Waals surface area (Å²) >= 11 is 0. The largest absolute Gasteiger partial charge is 0.492 e. The summed E-state index contributed by atoms with van der Waals surface area (Å²) in [5.41, 5.74) is 4.22. The van der Waals surface area contributed by atoms with Gasteiger partial charge in [0.2, 0.25) is 0 Å². The summed E-state index contributed by atoms with van der Waals surface area (Å²) < 4.78 is 5.62. The summed E-state index contributed by atoms with van der Waals surface area (Å²) in [6, 6.07) is 13.7. The number of anilines is 1. The van der Waals surface area contributed by atoms with E-state index in [2.05, 4.69) is 10.6 Å². The standard InChI is InChI=1S/C18H20N2O2.ClH/c1-13-3-2-4-16(11-13)22-10-9-20-18(21)15-5-6-17-14(12-15)7-8-19-17;/h2-6,11-12,19H,7-10H2,1H3,(H,20,21);1H. The molecule has 1 heterocycles. The monoisotopic (exact) mass is 332 g/mol. The molecule has 0 saturated carbocycles. The third kappa shape index (κ3) is 4.39. The quantitative estimate of drug-likeness (QED) is 0.827. The molecule has 0 aliphatic carbocycles. The van der Waals surface area contributed by atoms with Gasteiger partial charge >= 0.3 is 0 Å². The molecular formula is C18H21ClN2O2. The van der Waals surface area contributed by atoms with E-state index in [0.29, 0.717) is 18.7 Å². The molecule has 5 heteroatoms. The molecule has 2 aromatic rings. The maximum absolute atomic E-state index is 12.1. The van der Waals surface area contributed by atoms with Crippen molar-refractivity contribution < 1.29 is 9.53 Å². The lowest BCUT2D eigenvalue weighted by atomic mass is 10.1. The Labute approximate surface area is 142 Å². The van der Waals surface area contributed by atoms with E-state index in [0.717, 1.165) is 30.0 Å². The van der Waals surface area contributed by atoms with Crippen LogP contribution in [0.4, 0.5) is 5.69 Å². The van der Waals surface area contributed by atoms with Gasteiger partial charge in [0.1, 0.15) is 12.4 Å². The van der Waals surface area contributed by atoms with Gasteiger partial charge in [-0.1, -0.05) is 12.1 Å². The highest BCUT2D eigenvalue weighted by atomic mass is 35.5. The topological polar surface area (TPSA) is 50.4 Å². The van der Waals surface area contributed by atoms with Crippen LogP contribution in [-0.2, 0) is 6.42 Å². The molecule has 0 spiro atoms. The predicted octanol–water partition coefficient (Wildman–Crippen LogP) is 3.19. The van der Waals surface area contributed by atoms with E-state index in [1.807, 2.05) is 49.4 Å². The number of halogens is 1. The Morgan fingerprint density at radius 3 is 2.96 bits per heavy atom. The van der Waals surface area contributed by atoms with E-state index in [1.54, 1.807) is 0 Å². The average Bonchev–Trinajstić information content (AvgIpc) is 2.99. The average molecular weight is 333 g/mol. The Balaban J connectivity index is 0.00000192. The first-order valence-electron chi connectivity index (χ1n) is 7.57. The minimum Gasteiger partial charge on any atom is -0.492 e. The molecule has 1 aliphatic rings. The van der Waals surface area contributed by atoms with E-state index in [9.17, 15) is 4.79 Å². The van der Waals surface area contributed by atoms with Gasteiger partial charge in [-0.3, -0.25) is 4.79 Å². The fraction of sp³-hybridized carbons (Fsp3) is 0.278. The van der Waals surface area contributed by atoms with Crippen molar-refractivity contribution in [1.82, 2.24) is 5.32 Å². The van der Waals surface area contributed by atoms with Crippen LogP contribution in [0, 0.1) is 6.92 Å². The Hall–Kier alpha value is -2.20. The number of nitrogens with one attached hydrogen (secondary N) is 2. The van der Waals surface area contributed by atoms with E-state index in [4.69, 9.17) is 4.74 Å². The second-order valence-electron chi connectivity index (χ2n) is 5.47. The molecule has 2 N–H and O–H groups in total. The number of benzene rings is 2. The van der Waals surface area contributed by atoms with Crippen LogP contribution < -0.4 is 15.4 Å². The normalized spacial score (nSPS) is 11.9. The number of carbonyl (C=O) groups excluding carboxylic acids is 1. The molecule has 0 bridgehead atoms. The van der Waals surface area contributed by atoms with E-state index in [-0.39, 0.29) is 18.3 Å². The number of amides is 1. The second-order valence-corrected chi connectivity index (χ2v) is 5.47. The lowest BCUT2D eigenvalue weighted by molar-refractivity contribution is 0.0947. The molecule has 4 nitrogen and oxygen atoms in total. The molecule has 0 atom stereocenters. The molecule has 0 fully saturated rings. The van der Waals surface area contributed by atoms with Gasteiger partial charge in [0.05, 0.1) is 6.54 Å². The summed E-state index contributed by atoms with van der Waals surface area (Å²) in [5, 5.41) is 6.18. The summed E-state index contributed by atoms with van der Waals surface area (Å²) in [4.78, 5) is 12.1. The zero-order valence-electron chi connectivity index (χ0n) is 13.1. The molecule has 0 unspecified atom stereocenters. The highest BCUT2D eigenvalue weighted by Gasteiger charge is 2.13. The molecule has 122 valence electrons. The number of aryl methyl sites for hydroxylation is 1. The first-order chi connectivity index (χ1) is 10.7. The fourth-order valence-corrected chi connectivity index (χ4v) is 2.59. The van der Waals surface area contributed by atoms with E-state index in [1.165, 1.54) is 5.56 Å². The van der Waals surface area contributed by atoms with Gasteiger partial charge < -0.3 is 15.4 Å². The van der Waals surface area contributed by atoms with Crippen molar-refractivity contribution in [2.75, 3.05) is 25.0 Å². The molecule has 2 aromatic carbocycles. The third-order valence-corrected chi connectivity index (χ3v) is 3.72. The molecule has 23 heavy (non-hydrogen) atoms. The van der Waals surface area contributed by atoms with Gasteiger partial charge in [-0.25, -0.2) is 0 Å². The molecule has 0 saturated heterocycles. The van der Waals surface area contributed by atoms with Crippen LogP contribution in [0.5, 0.6) is 5.75 Å². The summed E-state index contributed by atoms with van der Waals surface area (Å²) in [6.07, 6.45) is 0.979.